The summed E-state index contributed by atoms with van der Waals surface area (Å²) in [5.41, 5.74) is 3.90. The van der Waals surface area contributed by atoms with Crippen molar-refractivity contribution in [2.75, 3.05) is 29.1 Å². The molecule has 0 spiro atoms. The molecule has 0 bridgehead atoms. The Bertz CT molecular complexity index is 1140. The lowest BCUT2D eigenvalue weighted by atomic mass is 10.1. The first-order valence-electron chi connectivity index (χ1n) is 10.3. The average Bonchev–Trinajstić information content (AvgIpc) is 3.32. The number of hydrogen-bond donors (Lipinski definition) is 1. The third-order valence-corrected chi connectivity index (χ3v) is 8.81. The normalized spacial score (nSPS) is 19.5. The SMILES string of the molecule is CCS(=O)(=O)N1CCc2nc(NC(=O)C3CC(=O)N(c4ccc(C)c(C)c4)C3)sc2C1. The van der Waals surface area contributed by atoms with E-state index in [2.05, 4.69) is 10.3 Å². The van der Waals surface area contributed by atoms with Crippen LogP contribution in [0.15, 0.2) is 18.2 Å². The van der Waals surface area contributed by atoms with Crippen molar-refractivity contribution in [1.82, 2.24) is 9.29 Å². The van der Waals surface area contributed by atoms with E-state index in [0.29, 0.717) is 31.2 Å². The van der Waals surface area contributed by atoms with Crippen LogP contribution in [0.4, 0.5) is 10.8 Å². The van der Waals surface area contributed by atoms with Crippen LogP contribution in [0.2, 0.25) is 0 Å². The molecule has 1 aromatic carbocycles. The molecular formula is C21H26N4O4S2. The fourth-order valence-electron chi connectivity index (χ4n) is 3.88. The smallest absolute Gasteiger partial charge is 0.231 e. The van der Waals surface area contributed by atoms with Crippen molar-refractivity contribution < 1.29 is 18.0 Å². The van der Waals surface area contributed by atoms with Crippen LogP contribution in [0, 0.1) is 19.8 Å². The van der Waals surface area contributed by atoms with Crippen LogP contribution < -0.4 is 10.2 Å². The van der Waals surface area contributed by atoms with E-state index in [1.165, 1.54) is 15.6 Å². The van der Waals surface area contributed by atoms with Gasteiger partial charge in [0.2, 0.25) is 21.8 Å². The van der Waals surface area contributed by atoms with Crippen molar-refractivity contribution in [2.24, 2.45) is 5.92 Å². The van der Waals surface area contributed by atoms with E-state index in [4.69, 9.17) is 0 Å². The predicted molar refractivity (Wildman–Crippen MR) is 121 cm³/mol. The number of amides is 2. The Morgan fingerprint density at radius 2 is 2.06 bits per heavy atom. The maximum Gasteiger partial charge on any atom is 0.231 e. The maximum atomic E-state index is 12.8. The van der Waals surface area contributed by atoms with Gasteiger partial charge in [-0.1, -0.05) is 6.07 Å². The lowest BCUT2D eigenvalue weighted by Crippen LogP contribution is -2.36. The van der Waals surface area contributed by atoms with E-state index in [-0.39, 0.29) is 24.0 Å². The summed E-state index contributed by atoms with van der Waals surface area (Å²) in [7, 11) is -3.25. The topological polar surface area (TPSA) is 99.7 Å². The Hall–Kier alpha value is -2.30. The van der Waals surface area contributed by atoms with Crippen LogP contribution >= 0.6 is 11.3 Å². The van der Waals surface area contributed by atoms with E-state index in [0.717, 1.165) is 27.4 Å². The van der Waals surface area contributed by atoms with Gasteiger partial charge in [0.1, 0.15) is 0 Å². The van der Waals surface area contributed by atoms with Gasteiger partial charge in [-0.05, 0) is 44.0 Å². The average molecular weight is 463 g/mol. The van der Waals surface area contributed by atoms with E-state index >= 15 is 0 Å². The molecule has 1 saturated heterocycles. The minimum Gasteiger partial charge on any atom is -0.312 e. The lowest BCUT2D eigenvalue weighted by molar-refractivity contribution is -0.122. The van der Waals surface area contributed by atoms with E-state index < -0.39 is 15.9 Å². The molecule has 0 radical (unpaired) electrons. The minimum atomic E-state index is -3.25. The number of sulfonamides is 1. The van der Waals surface area contributed by atoms with E-state index in [1.54, 1.807) is 11.8 Å². The number of aryl methyl sites for hydroxylation is 2. The standard InChI is InChI=1S/C21H26N4O4S2/c1-4-31(28,29)24-8-7-17-18(12-24)30-21(22-17)23-20(27)15-10-19(26)25(11-15)16-6-5-13(2)14(3)9-16/h5-6,9,15H,4,7-8,10-12H2,1-3H3,(H,22,23,27). The molecule has 8 nitrogen and oxygen atoms in total. The summed E-state index contributed by atoms with van der Waals surface area (Å²) in [6.07, 6.45) is 0.690. The van der Waals surface area contributed by atoms with Gasteiger partial charge in [-0.25, -0.2) is 13.4 Å². The van der Waals surface area contributed by atoms with Gasteiger partial charge in [0.05, 0.1) is 17.4 Å². The van der Waals surface area contributed by atoms with Crippen LogP contribution in [0.5, 0.6) is 0 Å². The summed E-state index contributed by atoms with van der Waals surface area (Å²) in [4.78, 5) is 32.3. The molecule has 2 aliphatic heterocycles. The number of anilines is 2. The molecular weight excluding hydrogens is 436 g/mol. The number of rotatable bonds is 5. The molecule has 166 valence electrons. The Morgan fingerprint density at radius 3 is 2.77 bits per heavy atom. The quantitative estimate of drug-likeness (QED) is 0.736. The van der Waals surface area contributed by atoms with E-state index in [1.807, 2.05) is 32.0 Å². The molecule has 4 rings (SSSR count). The van der Waals surface area contributed by atoms with Crippen LogP contribution in [0.3, 0.4) is 0 Å². The van der Waals surface area contributed by atoms with Crippen LogP contribution in [0.1, 0.15) is 35.0 Å². The number of thiazole rings is 1. The number of carbonyl (C=O) groups excluding carboxylic acids is 2. The highest BCUT2D eigenvalue weighted by Crippen LogP contribution is 2.31. The predicted octanol–water partition coefficient (Wildman–Crippen LogP) is 2.46. The molecule has 2 aromatic rings. The van der Waals surface area contributed by atoms with Gasteiger partial charge >= 0.3 is 0 Å². The molecule has 2 amide bonds. The molecule has 0 aliphatic carbocycles. The Morgan fingerprint density at radius 1 is 1.29 bits per heavy atom. The third-order valence-electron chi connectivity index (χ3n) is 5.98. The lowest BCUT2D eigenvalue weighted by Gasteiger charge is -2.24. The van der Waals surface area contributed by atoms with Gasteiger partial charge in [0.15, 0.2) is 5.13 Å². The summed E-state index contributed by atoms with van der Waals surface area (Å²) in [6, 6.07) is 5.86. The van der Waals surface area contributed by atoms with Gasteiger partial charge in [-0.2, -0.15) is 4.31 Å². The zero-order valence-electron chi connectivity index (χ0n) is 17.8. The third kappa shape index (κ3) is 4.37. The Labute approximate surface area is 186 Å². The molecule has 1 N–H and O–H groups in total. The fraction of sp³-hybridized carbons (Fsp3) is 0.476. The summed E-state index contributed by atoms with van der Waals surface area (Å²) >= 11 is 1.31. The second-order valence-electron chi connectivity index (χ2n) is 8.04. The van der Waals surface area contributed by atoms with Gasteiger partial charge in [-0.15, -0.1) is 11.3 Å². The Kier molecular flexibility index (Phi) is 5.89. The molecule has 3 heterocycles. The number of aromatic nitrogens is 1. The molecule has 0 saturated carbocycles. The largest absolute Gasteiger partial charge is 0.312 e. The highest BCUT2D eigenvalue weighted by molar-refractivity contribution is 7.89. The summed E-state index contributed by atoms with van der Waals surface area (Å²) in [5.74, 6) is -0.685. The van der Waals surface area contributed by atoms with Crippen molar-refractivity contribution in [3.8, 4) is 0 Å². The number of hydrogen-bond acceptors (Lipinski definition) is 6. The second kappa shape index (κ2) is 8.33. The first-order chi connectivity index (χ1) is 14.7. The zero-order chi connectivity index (χ0) is 22.3. The van der Waals surface area contributed by atoms with Gasteiger partial charge in [0, 0.05) is 43.0 Å². The number of nitrogens with one attached hydrogen (secondary N) is 1. The molecule has 1 atom stereocenters. The van der Waals surface area contributed by atoms with Crippen LogP contribution in [-0.2, 0) is 32.6 Å². The van der Waals surface area contributed by atoms with Crippen molar-refractivity contribution in [3.63, 3.8) is 0 Å². The molecule has 1 aromatic heterocycles. The maximum absolute atomic E-state index is 12.8. The van der Waals surface area contributed by atoms with Crippen LogP contribution in [0.25, 0.3) is 0 Å². The van der Waals surface area contributed by atoms with Crippen molar-refractivity contribution in [1.29, 1.82) is 0 Å². The summed E-state index contributed by atoms with van der Waals surface area (Å²) < 4.78 is 25.8. The molecule has 2 aliphatic rings. The van der Waals surface area contributed by atoms with Gasteiger partial charge in [0.25, 0.3) is 0 Å². The highest BCUT2D eigenvalue weighted by Gasteiger charge is 2.36. The molecule has 1 fully saturated rings. The number of benzene rings is 1. The van der Waals surface area contributed by atoms with Crippen LogP contribution in [-0.4, -0.2) is 48.4 Å². The fourth-order valence-corrected chi connectivity index (χ4v) is 6.05. The van der Waals surface area contributed by atoms with Gasteiger partial charge in [-0.3, -0.25) is 9.59 Å². The molecule has 1 unspecified atom stereocenters. The number of fused-ring (bicyclic) bond motifs is 1. The van der Waals surface area contributed by atoms with Crippen molar-refractivity contribution in [3.05, 3.63) is 39.9 Å². The molecule has 31 heavy (non-hydrogen) atoms. The first-order valence-corrected chi connectivity index (χ1v) is 12.8. The highest BCUT2D eigenvalue weighted by atomic mass is 32.2. The second-order valence-corrected chi connectivity index (χ2v) is 11.4. The van der Waals surface area contributed by atoms with Crippen molar-refractivity contribution >= 4 is 44.0 Å². The van der Waals surface area contributed by atoms with Crippen molar-refractivity contribution in [2.45, 2.75) is 40.2 Å². The first kappa shape index (κ1) is 21.9. The monoisotopic (exact) mass is 462 g/mol. The van der Waals surface area contributed by atoms with E-state index in [9.17, 15) is 18.0 Å². The summed E-state index contributed by atoms with van der Waals surface area (Å²) in [6.45, 7) is 6.68. The molecule has 10 heteroatoms. The summed E-state index contributed by atoms with van der Waals surface area (Å²) in [5, 5.41) is 3.30. The minimum absolute atomic E-state index is 0.0669. The number of carbonyl (C=O) groups is 2. The van der Waals surface area contributed by atoms with Gasteiger partial charge < -0.3 is 10.2 Å². The Balaban J connectivity index is 1.43. The zero-order valence-corrected chi connectivity index (χ0v) is 19.5. The number of nitrogens with zero attached hydrogens (tertiary/aromatic N) is 3.